The number of rotatable bonds is 8. The van der Waals surface area contributed by atoms with Gasteiger partial charge in [-0.2, -0.15) is 0 Å². The Bertz CT molecular complexity index is 1080. The third-order valence-corrected chi connectivity index (χ3v) is 8.71. The molecule has 13 nitrogen and oxygen atoms in total. The highest BCUT2D eigenvalue weighted by atomic mass is 16.7. The first-order valence-corrected chi connectivity index (χ1v) is 15.3. The molecule has 1 fully saturated rings. The number of likely N-dealkylation sites (N-methyl/N-ethyl adjacent to an activating group) is 1. The SMILES string of the molecule is CC[C@H]1OC(=O)C[C@@H](O)[C@H](C)[C@@H](O[C@@H]2O[C@H](C)[C@@H](O)C(N(C)C)C2O)[C@@H](CC=O)C[C@@H](C)C(=O)/C=C/C(C)=C/[C@@H]1CN=[N+]=[N-]. The number of cyclic esters (lactones) is 1. The molecule has 0 amide bonds. The first-order valence-electron chi connectivity index (χ1n) is 15.3. The lowest BCUT2D eigenvalue weighted by atomic mass is 9.79. The summed E-state index contributed by atoms with van der Waals surface area (Å²) in [7, 11) is 3.43. The van der Waals surface area contributed by atoms with Gasteiger partial charge in [0.2, 0.25) is 0 Å². The molecule has 0 radical (unpaired) electrons. The Balaban J connectivity index is 2.54. The van der Waals surface area contributed by atoms with Crippen molar-refractivity contribution in [2.75, 3.05) is 20.6 Å². The van der Waals surface area contributed by atoms with Crippen molar-refractivity contribution < 1.29 is 43.9 Å². The molecule has 0 saturated carbocycles. The normalized spacial score (nSPS) is 39.9. The summed E-state index contributed by atoms with van der Waals surface area (Å²) in [6.45, 7) is 8.71. The van der Waals surface area contributed by atoms with Gasteiger partial charge in [0.1, 0.15) is 18.5 Å². The summed E-state index contributed by atoms with van der Waals surface area (Å²) in [6.07, 6.45) is -1.23. The van der Waals surface area contributed by atoms with Crippen LogP contribution in [0.1, 0.15) is 60.3 Å². The zero-order valence-corrected chi connectivity index (χ0v) is 26.9. The molecule has 0 spiro atoms. The minimum Gasteiger partial charge on any atom is -0.462 e. The third-order valence-electron chi connectivity index (χ3n) is 8.71. The van der Waals surface area contributed by atoms with E-state index in [2.05, 4.69) is 10.0 Å². The minimum absolute atomic E-state index is 0.0104. The van der Waals surface area contributed by atoms with E-state index in [0.717, 1.165) is 6.29 Å². The second-order valence-corrected chi connectivity index (χ2v) is 12.3. The highest BCUT2D eigenvalue weighted by Gasteiger charge is 2.47. The van der Waals surface area contributed by atoms with E-state index in [4.69, 9.17) is 19.7 Å². The van der Waals surface area contributed by atoms with Crippen LogP contribution in [0.25, 0.3) is 10.4 Å². The van der Waals surface area contributed by atoms with Crippen LogP contribution < -0.4 is 0 Å². The van der Waals surface area contributed by atoms with Gasteiger partial charge in [0, 0.05) is 35.6 Å². The molecule has 2 aliphatic heterocycles. The summed E-state index contributed by atoms with van der Waals surface area (Å²) in [4.78, 5) is 42.6. The van der Waals surface area contributed by atoms with Crippen molar-refractivity contribution in [3.8, 4) is 0 Å². The number of ketones is 1. The van der Waals surface area contributed by atoms with Gasteiger partial charge in [-0.05, 0) is 58.3 Å². The van der Waals surface area contributed by atoms with Crippen LogP contribution in [0.5, 0.6) is 0 Å². The largest absolute Gasteiger partial charge is 0.462 e. The Hall–Kier alpha value is -2.64. The number of hydrogen-bond acceptors (Lipinski definition) is 11. The Labute approximate surface area is 259 Å². The van der Waals surface area contributed by atoms with Crippen molar-refractivity contribution in [3.05, 3.63) is 34.2 Å². The molecule has 1 saturated heterocycles. The lowest BCUT2D eigenvalue weighted by molar-refractivity contribution is -0.304. The van der Waals surface area contributed by atoms with Crippen LogP contribution >= 0.6 is 0 Å². The Kier molecular flexibility index (Phi) is 15.1. The molecular formula is C31H50N4O9. The van der Waals surface area contributed by atoms with Gasteiger partial charge in [-0.3, -0.25) is 9.59 Å². The van der Waals surface area contributed by atoms with E-state index in [0.29, 0.717) is 12.0 Å². The van der Waals surface area contributed by atoms with E-state index < -0.39 is 78.6 Å². The van der Waals surface area contributed by atoms with Gasteiger partial charge >= 0.3 is 5.97 Å². The molecule has 0 aromatic heterocycles. The summed E-state index contributed by atoms with van der Waals surface area (Å²) in [5.41, 5.74) is 9.60. The van der Waals surface area contributed by atoms with Crippen molar-refractivity contribution in [1.82, 2.24) is 4.90 Å². The van der Waals surface area contributed by atoms with E-state index in [1.807, 2.05) is 6.92 Å². The lowest BCUT2D eigenvalue weighted by Crippen LogP contribution is -2.63. The molecule has 0 bridgehead atoms. The van der Waals surface area contributed by atoms with E-state index >= 15 is 0 Å². The van der Waals surface area contributed by atoms with Crippen molar-refractivity contribution in [2.24, 2.45) is 28.8 Å². The minimum atomic E-state index is -1.28. The fraction of sp³-hybridized carbons (Fsp3) is 0.774. The molecule has 44 heavy (non-hydrogen) atoms. The van der Waals surface area contributed by atoms with Crippen LogP contribution in [0.4, 0.5) is 0 Å². The number of nitrogens with zero attached hydrogens (tertiary/aromatic N) is 4. The second kappa shape index (κ2) is 17.7. The molecule has 2 unspecified atom stereocenters. The molecule has 0 aromatic carbocycles. The topological polar surface area (TPSA) is 192 Å². The zero-order valence-electron chi connectivity index (χ0n) is 26.9. The molecule has 2 rings (SSSR count). The van der Waals surface area contributed by atoms with Crippen LogP contribution in [0.3, 0.4) is 0 Å². The quantitative estimate of drug-likeness (QED) is 0.119. The third kappa shape index (κ3) is 10.2. The second-order valence-electron chi connectivity index (χ2n) is 12.3. The maximum atomic E-state index is 13.2. The van der Waals surface area contributed by atoms with Gasteiger partial charge in [0.05, 0.1) is 36.9 Å². The maximum absolute atomic E-state index is 13.2. The van der Waals surface area contributed by atoms with Crippen LogP contribution in [0, 0.1) is 23.7 Å². The molecular weight excluding hydrogens is 572 g/mol. The Morgan fingerprint density at radius 1 is 1.16 bits per heavy atom. The summed E-state index contributed by atoms with van der Waals surface area (Å²) in [6, 6.07) is -0.721. The summed E-state index contributed by atoms with van der Waals surface area (Å²) in [5, 5.41) is 36.8. The standard InChI is InChI=1S/C31H50N4O9/c1-8-25-22(16-33-34-32)13-17(2)9-10-23(37)18(3)14-21(11-12-36)30(19(4)24(38)15-26(39)43-25)44-31-29(41)27(35(6)7)28(40)20(5)42-31/h9-10,12-13,18-22,24-25,27-31,38,40-41H,8,11,14-16H2,1-7H3/b10-9+,17-13+/t18-,19+,20-,21+,22-,24-,25-,27?,28-,29?,30-,31+/m1/s1. The summed E-state index contributed by atoms with van der Waals surface area (Å²) in [5.74, 6) is -3.20. The number of ether oxygens (including phenoxy) is 3. The van der Waals surface area contributed by atoms with E-state index in [-0.39, 0.29) is 31.6 Å². The number of esters is 1. The maximum Gasteiger partial charge on any atom is 0.308 e. The molecule has 3 N–H and O–H groups in total. The van der Waals surface area contributed by atoms with Gasteiger partial charge in [-0.15, -0.1) is 0 Å². The van der Waals surface area contributed by atoms with Gasteiger partial charge in [-0.25, -0.2) is 0 Å². The highest BCUT2D eigenvalue weighted by Crippen LogP contribution is 2.34. The van der Waals surface area contributed by atoms with Crippen molar-refractivity contribution in [1.29, 1.82) is 0 Å². The molecule has 2 heterocycles. The number of hydrogen-bond donors (Lipinski definition) is 3. The van der Waals surface area contributed by atoms with Gasteiger partial charge in [0.25, 0.3) is 0 Å². The number of aliphatic hydroxyl groups is 3. The fourth-order valence-corrected chi connectivity index (χ4v) is 6.06. The van der Waals surface area contributed by atoms with Gasteiger partial charge in [-0.1, -0.05) is 43.6 Å². The van der Waals surface area contributed by atoms with Crippen molar-refractivity contribution >= 4 is 18.0 Å². The lowest BCUT2D eigenvalue weighted by Gasteiger charge is -2.46. The average molecular weight is 623 g/mol. The van der Waals surface area contributed by atoms with E-state index in [1.54, 1.807) is 58.8 Å². The number of aldehydes is 1. The molecule has 12 atom stereocenters. The fourth-order valence-electron chi connectivity index (χ4n) is 6.06. The van der Waals surface area contributed by atoms with Crippen LogP contribution in [0.2, 0.25) is 0 Å². The molecule has 0 aromatic rings. The van der Waals surface area contributed by atoms with E-state index in [1.165, 1.54) is 6.08 Å². The molecule has 13 heteroatoms. The molecule has 0 aliphatic carbocycles. The molecule has 248 valence electrons. The van der Waals surface area contributed by atoms with Crippen LogP contribution in [0.15, 0.2) is 28.9 Å². The first kappa shape index (κ1) is 37.5. The van der Waals surface area contributed by atoms with E-state index in [9.17, 15) is 29.7 Å². The highest BCUT2D eigenvalue weighted by molar-refractivity contribution is 5.91. The van der Waals surface area contributed by atoms with Gasteiger partial charge < -0.3 is 39.2 Å². The number of allylic oxidation sites excluding steroid dienone is 3. The molecule has 2 aliphatic rings. The number of aliphatic hydroxyl groups excluding tert-OH is 3. The van der Waals surface area contributed by atoms with Crippen molar-refractivity contribution in [3.63, 3.8) is 0 Å². The first-order chi connectivity index (χ1) is 20.7. The predicted molar refractivity (Wildman–Crippen MR) is 162 cm³/mol. The monoisotopic (exact) mass is 622 g/mol. The van der Waals surface area contributed by atoms with Crippen LogP contribution in [-0.4, -0.2) is 108 Å². The summed E-state index contributed by atoms with van der Waals surface area (Å²) < 4.78 is 18.0. The van der Waals surface area contributed by atoms with Gasteiger partial charge in [0.15, 0.2) is 12.1 Å². The zero-order chi connectivity index (χ0) is 33.1. The summed E-state index contributed by atoms with van der Waals surface area (Å²) >= 11 is 0. The Morgan fingerprint density at radius 3 is 2.43 bits per heavy atom. The predicted octanol–water partition coefficient (Wildman–Crippen LogP) is 2.72. The average Bonchev–Trinajstić information content (AvgIpc) is 2.96. The smallest absolute Gasteiger partial charge is 0.308 e. The van der Waals surface area contributed by atoms with Crippen molar-refractivity contribution in [2.45, 2.75) is 109 Å². The number of carbonyl (C=O) groups is 3. The van der Waals surface area contributed by atoms with Crippen LogP contribution in [-0.2, 0) is 28.6 Å². The Morgan fingerprint density at radius 2 is 1.84 bits per heavy atom. The number of azide groups is 1. The number of carbonyl (C=O) groups excluding carboxylic acids is 3.